The van der Waals surface area contributed by atoms with E-state index in [1.165, 1.54) is 17.0 Å². The quantitative estimate of drug-likeness (QED) is 0.897. The van der Waals surface area contributed by atoms with E-state index in [4.69, 9.17) is 4.74 Å². The molecule has 0 spiro atoms. The summed E-state index contributed by atoms with van der Waals surface area (Å²) >= 11 is 1.63. The number of fused-ring (bicyclic) bond motifs is 1. The van der Waals surface area contributed by atoms with Crippen LogP contribution in [0.25, 0.3) is 0 Å². The molecule has 2 atom stereocenters. The number of aromatic nitrogens is 1. The lowest BCUT2D eigenvalue weighted by Crippen LogP contribution is -2.68. The highest BCUT2D eigenvalue weighted by atomic mass is 32.1. The fourth-order valence-corrected chi connectivity index (χ4v) is 4.97. The van der Waals surface area contributed by atoms with Gasteiger partial charge >= 0.3 is 0 Å². The molecule has 0 unspecified atom stereocenters. The molecule has 1 aromatic heterocycles. The number of aryl methyl sites for hydroxylation is 2. The third-order valence-electron chi connectivity index (χ3n) is 6.00. The second kappa shape index (κ2) is 5.83. The van der Waals surface area contributed by atoms with Crippen molar-refractivity contribution in [2.24, 2.45) is 5.41 Å². The number of methoxy groups -OCH3 is 1. The molecular formula is C17H27N3O2S. The summed E-state index contributed by atoms with van der Waals surface area (Å²) < 4.78 is 5.67. The van der Waals surface area contributed by atoms with Crippen LogP contribution in [0.4, 0.5) is 5.13 Å². The summed E-state index contributed by atoms with van der Waals surface area (Å²) in [4.78, 5) is 20.3. The first kappa shape index (κ1) is 16.9. The maximum absolute atomic E-state index is 12.3. The number of carbonyl (C=O) groups excluding carboxylic acids is 1. The molecule has 1 saturated carbocycles. The molecule has 1 fully saturated rings. The van der Waals surface area contributed by atoms with Crippen LogP contribution in [-0.4, -0.2) is 48.1 Å². The number of amides is 1. The normalized spacial score (nSPS) is 28.5. The maximum Gasteiger partial charge on any atom is 0.240 e. The van der Waals surface area contributed by atoms with Crippen molar-refractivity contribution < 1.29 is 9.53 Å². The van der Waals surface area contributed by atoms with Gasteiger partial charge in [-0.1, -0.05) is 13.8 Å². The Balaban J connectivity index is 1.56. The summed E-state index contributed by atoms with van der Waals surface area (Å²) in [5.41, 5.74) is 1.09. The summed E-state index contributed by atoms with van der Waals surface area (Å²) in [5.74, 6) is 0.0155. The van der Waals surface area contributed by atoms with Crippen LogP contribution in [0.2, 0.25) is 0 Å². The first-order chi connectivity index (χ1) is 10.8. The summed E-state index contributed by atoms with van der Waals surface area (Å²) in [6.07, 6.45) is 4.30. The van der Waals surface area contributed by atoms with Crippen LogP contribution in [0, 0.1) is 5.41 Å². The Hall–Kier alpha value is -0.980. The van der Waals surface area contributed by atoms with E-state index in [0.29, 0.717) is 12.6 Å². The molecule has 2 aliphatic carbocycles. The lowest BCUT2D eigenvalue weighted by Gasteiger charge is -2.61. The van der Waals surface area contributed by atoms with Crippen molar-refractivity contribution in [1.82, 2.24) is 9.88 Å². The molecule has 1 N–H and O–H groups in total. The van der Waals surface area contributed by atoms with E-state index in [-0.39, 0.29) is 16.9 Å². The molecule has 3 rings (SSSR count). The Morgan fingerprint density at radius 1 is 1.43 bits per heavy atom. The second-order valence-electron chi connectivity index (χ2n) is 7.58. The van der Waals surface area contributed by atoms with Crippen molar-refractivity contribution in [2.45, 2.75) is 58.1 Å². The van der Waals surface area contributed by atoms with Crippen LogP contribution in [-0.2, 0) is 22.4 Å². The van der Waals surface area contributed by atoms with Gasteiger partial charge in [0.05, 0.1) is 17.8 Å². The van der Waals surface area contributed by atoms with Crippen LogP contribution in [0.15, 0.2) is 0 Å². The predicted molar refractivity (Wildman–Crippen MR) is 93.0 cm³/mol. The van der Waals surface area contributed by atoms with Crippen LogP contribution in [0.1, 0.15) is 44.2 Å². The van der Waals surface area contributed by atoms with Crippen molar-refractivity contribution in [3.05, 3.63) is 10.6 Å². The molecule has 1 aromatic rings. The summed E-state index contributed by atoms with van der Waals surface area (Å²) in [7, 11) is 3.79. The Morgan fingerprint density at radius 2 is 2.17 bits per heavy atom. The zero-order valence-corrected chi connectivity index (χ0v) is 15.5. The fraction of sp³-hybridized carbons (Fsp3) is 0.765. The number of hydrogen-bond donors (Lipinski definition) is 1. The minimum atomic E-state index is -0.113. The maximum atomic E-state index is 12.3. The average Bonchev–Trinajstić information content (AvgIpc) is 3.04. The van der Waals surface area contributed by atoms with Gasteiger partial charge in [0.2, 0.25) is 5.91 Å². The number of ether oxygens (including phenoxy) is 1. The highest BCUT2D eigenvalue weighted by Crippen LogP contribution is 2.53. The minimum absolute atomic E-state index is 0.0155. The highest BCUT2D eigenvalue weighted by Gasteiger charge is 2.59. The largest absolute Gasteiger partial charge is 0.378 e. The van der Waals surface area contributed by atoms with Crippen LogP contribution < -0.4 is 5.32 Å². The molecule has 1 amide bonds. The molecule has 128 valence electrons. The molecule has 5 nitrogen and oxygen atoms in total. The smallest absolute Gasteiger partial charge is 0.240 e. The number of nitrogens with zero attached hydrogens (tertiary/aromatic N) is 2. The molecule has 0 saturated heterocycles. The molecular weight excluding hydrogens is 310 g/mol. The van der Waals surface area contributed by atoms with Gasteiger partial charge in [-0.2, -0.15) is 0 Å². The average molecular weight is 337 g/mol. The Labute approximate surface area is 142 Å². The number of carbonyl (C=O) groups is 1. The van der Waals surface area contributed by atoms with E-state index in [1.54, 1.807) is 18.4 Å². The Morgan fingerprint density at radius 3 is 2.78 bits per heavy atom. The number of rotatable bonds is 5. The molecule has 6 heteroatoms. The van der Waals surface area contributed by atoms with Crippen molar-refractivity contribution >= 4 is 22.4 Å². The van der Waals surface area contributed by atoms with E-state index in [1.807, 2.05) is 7.05 Å². The van der Waals surface area contributed by atoms with Crippen LogP contribution >= 0.6 is 11.3 Å². The summed E-state index contributed by atoms with van der Waals surface area (Å²) in [5, 5.41) is 3.72. The second-order valence-corrected chi connectivity index (χ2v) is 8.67. The molecule has 0 aromatic carbocycles. The first-order valence-corrected chi connectivity index (χ1v) is 9.12. The van der Waals surface area contributed by atoms with Gasteiger partial charge in [-0.3, -0.25) is 9.69 Å². The Kier molecular flexibility index (Phi) is 4.27. The van der Waals surface area contributed by atoms with Crippen molar-refractivity contribution in [2.75, 3.05) is 26.0 Å². The van der Waals surface area contributed by atoms with Gasteiger partial charge in [0.1, 0.15) is 0 Å². The molecule has 0 radical (unpaired) electrons. The van der Waals surface area contributed by atoms with Gasteiger partial charge in [0.15, 0.2) is 5.13 Å². The predicted octanol–water partition coefficient (Wildman–Crippen LogP) is 2.71. The van der Waals surface area contributed by atoms with Crippen molar-refractivity contribution in [3.8, 4) is 0 Å². The zero-order chi connectivity index (χ0) is 16.8. The summed E-state index contributed by atoms with van der Waals surface area (Å²) in [6.45, 7) is 6.96. The van der Waals surface area contributed by atoms with Gasteiger partial charge in [0.25, 0.3) is 0 Å². The summed E-state index contributed by atoms with van der Waals surface area (Å²) in [6, 6.07) is 0.347. The van der Waals surface area contributed by atoms with Gasteiger partial charge < -0.3 is 10.1 Å². The van der Waals surface area contributed by atoms with Gasteiger partial charge in [-0.25, -0.2) is 4.98 Å². The van der Waals surface area contributed by atoms with E-state index < -0.39 is 0 Å². The van der Waals surface area contributed by atoms with Gasteiger partial charge in [-0.05, 0) is 39.7 Å². The molecule has 1 heterocycles. The number of nitrogens with one attached hydrogen (secondary N) is 1. The third-order valence-corrected chi connectivity index (χ3v) is 7.07. The molecule has 0 bridgehead atoms. The third kappa shape index (κ3) is 2.81. The molecule has 23 heavy (non-hydrogen) atoms. The topological polar surface area (TPSA) is 54.5 Å². The fourth-order valence-electron chi connectivity index (χ4n) is 3.90. The standard InChI is InChI=1S/C17H27N3O2S/c1-16(2)13(9-17(16,3)22-5)20(4)10-14(21)19-15-18-11-7-6-8-12(11)23-15/h13H,6-10H2,1-5H3,(H,18,19,21)/t13-,17-/m1/s1. The van der Waals surface area contributed by atoms with Crippen LogP contribution in [0.3, 0.4) is 0 Å². The highest BCUT2D eigenvalue weighted by molar-refractivity contribution is 7.15. The SMILES string of the molecule is CO[C@]1(C)C[C@@H](N(C)CC(=O)Nc2nc3c(s2)CCC3)C1(C)C. The first-order valence-electron chi connectivity index (χ1n) is 8.30. The van der Waals surface area contributed by atoms with Gasteiger partial charge in [-0.15, -0.1) is 11.3 Å². The lowest BCUT2D eigenvalue weighted by molar-refractivity contribution is -0.205. The monoisotopic (exact) mass is 337 g/mol. The zero-order valence-electron chi connectivity index (χ0n) is 14.7. The van der Waals surface area contributed by atoms with E-state index in [2.05, 4.69) is 36.0 Å². The van der Waals surface area contributed by atoms with E-state index in [9.17, 15) is 4.79 Å². The van der Waals surface area contributed by atoms with Crippen molar-refractivity contribution in [1.29, 1.82) is 0 Å². The van der Waals surface area contributed by atoms with E-state index in [0.717, 1.165) is 24.4 Å². The van der Waals surface area contributed by atoms with Gasteiger partial charge in [0, 0.05) is 23.4 Å². The van der Waals surface area contributed by atoms with Crippen molar-refractivity contribution in [3.63, 3.8) is 0 Å². The number of thiazole rings is 1. The Bertz CT molecular complexity index is 591. The lowest BCUT2D eigenvalue weighted by atomic mass is 9.55. The molecule has 2 aliphatic rings. The van der Waals surface area contributed by atoms with Crippen LogP contribution in [0.5, 0.6) is 0 Å². The molecule has 0 aliphatic heterocycles. The number of hydrogen-bond acceptors (Lipinski definition) is 5. The van der Waals surface area contributed by atoms with E-state index >= 15 is 0 Å². The minimum Gasteiger partial charge on any atom is -0.378 e. The number of anilines is 1. The number of likely N-dealkylation sites (N-methyl/N-ethyl adjacent to an activating group) is 1.